The van der Waals surface area contributed by atoms with Gasteiger partial charge in [0.1, 0.15) is 23.0 Å². The summed E-state index contributed by atoms with van der Waals surface area (Å²) in [5.41, 5.74) is 12.9. The molecule has 2 aromatic carbocycles. The summed E-state index contributed by atoms with van der Waals surface area (Å²) < 4.78 is 24.8. The number of nitrogens with one attached hydrogen (secondary N) is 2. The fourth-order valence-electron chi connectivity index (χ4n) is 10.3. The molecular formula is C62H82N4O4. The van der Waals surface area contributed by atoms with Crippen LogP contribution >= 0.6 is 0 Å². The second-order valence-corrected chi connectivity index (χ2v) is 19.5. The minimum Gasteiger partial charge on any atom is -0.496 e. The summed E-state index contributed by atoms with van der Waals surface area (Å²) in [5, 5.41) is 0. The fourth-order valence-corrected chi connectivity index (χ4v) is 10.3. The van der Waals surface area contributed by atoms with Crippen molar-refractivity contribution in [1.82, 2.24) is 19.9 Å². The van der Waals surface area contributed by atoms with E-state index in [2.05, 4.69) is 109 Å². The molecule has 0 unspecified atom stereocenters. The van der Waals surface area contributed by atoms with E-state index in [-0.39, 0.29) is 0 Å². The molecule has 2 N–H and O–H groups in total. The lowest BCUT2D eigenvalue weighted by molar-refractivity contribution is 0.396. The average molecular weight is 947 g/mol. The second-order valence-electron chi connectivity index (χ2n) is 19.5. The molecule has 0 aliphatic carbocycles. The third-order valence-electron chi connectivity index (χ3n) is 14.2. The Balaban J connectivity index is 1.17. The zero-order valence-electron chi connectivity index (χ0n) is 43.6. The number of aromatic nitrogens is 4. The maximum Gasteiger partial charge on any atom is 0.130 e. The Bertz CT molecular complexity index is 2440. The Morgan fingerprint density at radius 3 is 0.986 bits per heavy atom. The maximum atomic E-state index is 6.20. The van der Waals surface area contributed by atoms with Crippen molar-refractivity contribution in [2.75, 3.05) is 28.4 Å². The van der Waals surface area contributed by atoms with Gasteiger partial charge in [-0.25, -0.2) is 9.97 Å². The Kier molecular flexibility index (Phi) is 20.5. The number of unbranched alkanes of at least 4 members (excludes halogenated alkanes) is 20. The molecule has 2 aliphatic rings. The molecule has 0 fully saturated rings. The monoisotopic (exact) mass is 947 g/mol. The van der Waals surface area contributed by atoms with Gasteiger partial charge in [-0.3, -0.25) is 0 Å². The number of benzene rings is 2. The molecule has 8 nitrogen and oxygen atoms in total. The highest BCUT2D eigenvalue weighted by molar-refractivity contribution is 5.97. The van der Waals surface area contributed by atoms with E-state index in [1.54, 1.807) is 28.4 Å². The molecule has 8 bridgehead atoms. The van der Waals surface area contributed by atoms with Gasteiger partial charge in [-0.2, -0.15) is 0 Å². The van der Waals surface area contributed by atoms with E-state index in [0.29, 0.717) is 0 Å². The van der Waals surface area contributed by atoms with Gasteiger partial charge >= 0.3 is 0 Å². The number of aryl methyl sites for hydroxylation is 2. The first-order valence-electron chi connectivity index (χ1n) is 27.1. The summed E-state index contributed by atoms with van der Waals surface area (Å²) in [4.78, 5) is 17.9. The van der Waals surface area contributed by atoms with Gasteiger partial charge in [0.05, 0.1) is 62.3 Å². The molecule has 8 heteroatoms. The van der Waals surface area contributed by atoms with E-state index in [4.69, 9.17) is 28.9 Å². The lowest BCUT2D eigenvalue weighted by Gasteiger charge is -2.17. The highest BCUT2D eigenvalue weighted by atomic mass is 16.5. The van der Waals surface area contributed by atoms with E-state index in [1.165, 1.54) is 140 Å². The van der Waals surface area contributed by atoms with E-state index in [9.17, 15) is 0 Å². The zero-order valence-corrected chi connectivity index (χ0v) is 43.6. The molecular weight excluding hydrogens is 865 g/mol. The average Bonchev–Trinajstić information content (AvgIpc) is 4.23. The Labute approximate surface area is 419 Å². The normalized spacial score (nSPS) is 12.0. The molecule has 2 aliphatic heterocycles. The zero-order chi connectivity index (χ0) is 48.9. The van der Waals surface area contributed by atoms with Crippen LogP contribution in [0.25, 0.3) is 68.6 Å². The van der Waals surface area contributed by atoms with Crippen molar-refractivity contribution in [1.29, 1.82) is 0 Å². The van der Waals surface area contributed by atoms with Crippen molar-refractivity contribution in [2.24, 2.45) is 0 Å². The summed E-state index contributed by atoms with van der Waals surface area (Å²) in [6.45, 7) is 4.57. The standard InChI is InChI=1S/C62H82N4O4/c1-7-9-11-13-15-17-19-21-23-25-27-29-45-39-55(67-3)61(56(40-45)68-4)59-51-35-31-47(63-51)43-49-33-37-53(65-49)60(54-38-34-50(66-54)44-48-32-36-52(59)64-48)62-57(69-5)41-46(42-58(62)70-6)30-28-26-24-22-20-18-16-14-12-10-8-2/h31-44,63,66H,7-30H2,1-6H3. The SMILES string of the molecule is CCCCCCCCCCCCCc1cc(OC)c(-c2c3nc(cc4ccc([nH]4)c(-c4c(OC)cc(CCCCCCCCCCCCC)cc4OC)c4nc(cc5ccc2[nH]5)C=C4)C=C3)c(OC)c1. The molecule has 0 atom stereocenters. The van der Waals surface area contributed by atoms with Gasteiger partial charge in [0, 0.05) is 33.2 Å². The van der Waals surface area contributed by atoms with Crippen LogP contribution in [-0.2, 0) is 12.8 Å². The maximum absolute atomic E-state index is 6.20. The summed E-state index contributed by atoms with van der Waals surface area (Å²) >= 11 is 0. The van der Waals surface area contributed by atoms with Crippen LogP contribution in [0.4, 0.5) is 0 Å². The topological polar surface area (TPSA) is 94.3 Å². The van der Waals surface area contributed by atoms with Crippen LogP contribution in [0.5, 0.6) is 23.0 Å². The van der Waals surface area contributed by atoms with Crippen LogP contribution in [0.2, 0.25) is 0 Å². The lowest BCUT2D eigenvalue weighted by Crippen LogP contribution is -1.98. The van der Waals surface area contributed by atoms with Crippen LogP contribution in [-0.4, -0.2) is 48.4 Å². The van der Waals surface area contributed by atoms with Gasteiger partial charge in [-0.1, -0.05) is 142 Å². The minimum absolute atomic E-state index is 0.767. The number of methoxy groups -OCH3 is 4. The van der Waals surface area contributed by atoms with E-state index in [0.717, 1.165) is 116 Å². The number of H-pyrrole nitrogens is 2. The molecule has 0 radical (unpaired) electrons. The van der Waals surface area contributed by atoms with Gasteiger partial charge in [0.25, 0.3) is 0 Å². The van der Waals surface area contributed by atoms with Crippen LogP contribution in [0.1, 0.15) is 189 Å². The molecule has 0 spiro atoms. The Hall–Kier alpha value is -5.76. The molecule has 0 amide bonds. The largest absolute Gasteiger partial charge is 0.496 e. The number of aromatic amines is 2. The van der Waals surface area contributed by atoms with Crippen LogP contribution in [0.3, 0.4) is 0 Å². The van der Waals surface area contributed by atoms with Crippen molar-refractivity contribution in [3.05, 3.63) is 94.6 Å². The molecule has 374 valence electrons. The van der Waals surface area contributed by atoms with Gasteiger partial charge in [0.15, 0.2) is 0 Å². The van der Waals surface area contributed by atoms with Gasteiger partial charge in [0.2, 0.25) is 0 Å². The molecule has 0 saturated heterocycles. The highest BCUT2D eigenvalue weighted by Gasteiger charge is 2.23. The molecule has 5 heterocycles. The van der Waals surface area contributed by atoms with E-state index < -0.39 is 0 Å². The summed E-state index contributed by atoms with van der Waals surface area (Å²) in [7, 11) is 6.99. The van der Waals surface area contributed by atoms with Crippen LogP contribution < -0.4 is 18.9 Å². The van der Waals surface area contributed by atoms with Crippen molar-refractivity contribution >= 4 is 46.4 Å². The van der Waals surface area contributed by atoms with Crippen molar-refractivity contribution in [3.8, 4) is 45.3 Å². The second kappa shape index (κ2) is 27.6. The number of fused-ring (bicyclic) bond motifs is 8. The highest BCUT2D eigenvalue weighted by Crippen LogP contribution is 2.45. The predicted octanol–water partition coefficient (Wildman–Crippen LogP) is 17.7. The number of ether oxygens (including phenoxy) is 4. The van der Waals surface area contributed by atoms with Gasteiger partial charge in [-0.15, -0.1) is 0 Å². The molecule has 5 aromatic rings. The number of hydrogen-bond donors (Lipinski definition) is 2. The molecule has 70 heavy (non-hydrogen) atoms. The third kappa shape index (κ3) is 14.2. The minimum atomic E-state index is 0.767. The first kappa shape index (κ1) is 52.1. The van der Waals surface area contributed by atoms with Crippen LogP contribution in [0.15, 0.2) is 60.7 Å². The lowest BCUT2D eigenvalue weighted by atomic mass is 9.97. The molecule has 7 rings (SSSR count). The smallest absolute Gasteiger partial charge is 0.130 e. The first-order chi connectivity index (χ1) is 34.5. The predicted molar refractivity (Wildman–Crippen MR) is 296 cm³/mol. The van der Waals surface area contributed by atoms with Gasteiger partial charge in [-0.05, 0) is 122 Å². The fraction of sp³-hybridized carbons (Fsp3) is 0.484. The Morgan fingerprint density at radius 2 is 0.671 bits per heavy atom. The molecule has 3 aromatic heterocycles. The van der Waals surface area contributed by atoms with Crippen molar-refractivity contribution in [2.45, 2.75) is 168 Å². The summed E-state index contributed by atoms with van der Waals surface area (Å²) in [6.07, 6.45) is 39.4. The summed E-state index contributed by atoms with van der Waals surface area (Å²) in [5.74, 6) is 3.07. The van der Waals surface area contributed by atoms with E-state index in [1.807, 2.05) is 0 Å². The summed E-state index contributed by atoms with van der Waals surface area (Å²) in [6, 6.07) is 21.3. The first-order valence-corrected chi connectivity index (χ1v) is 27.1. The van der Waals surface area contributed by atoms with E-state index >= 15 is 0 Å². The Morgan fingerprint density at radius 1 is 0.357 bits per heavy atom. The third-order valence-corrected chi connectivity index (χ3v) is 14.2. The van der Waals surface area contributed by atoms with Gasteiger partial charge < -0.3 is 28.9 Å². The van der Waals surface area contributed by atoms with Crippen molar-refractivity contribution in [3.63, 3.8) is 0 Å². The molecule has 0 saturated carbocycles. The van der Waals surface area contributed by atoms with Crippen molar-refractivity contribution < 1.29 is 18.9 Å². The number of nitrogens with zero attached hydrogens (tertiary/aromatic N) is 2. The number of rotatable bonds is 30. The quantitative estimate of drug-likeness (QED) is 0.0436. The number of hydrogen-bond acceptors (Lipinski definition) is 6. The van der Waals surface area contributed by atoms with Crippen LogP contribution in [0, 0.1) is 0 Å².